The third-order valence-corrected chi connectivity index (χ3v) is 7.37. The van der Waals surface area contributed by atoms with E-state index in [2.05, 4.69) is 62.5 Å². The maximum atomic E-state index is 6.20. The highest BCUT2D eigenvalue weighted by molar-refractivity contribution is 5.93. The van der Waals surface area contributed by atoms with Crippen molar-refractivity contribution in [3.63, 3.8) is 0 Å². The van der Waals surface area contributed by atoms with Crippen molar-refractivity contribution in [3.8, 4) is 22.9 Å². The number of rotatable bonds is 4. The van der Waals surface area contributed by atoms with Crippen molar-refractivity contribution in [2.24, 2.45) is 0 Å². The van der Waals surface area contributed by atoms with Gasteiger partial charge in [0.1, 0.15) is 16.8 Å². The molecular weight excluding hydrogens is 502 g/mol. The molecule has 0 saturated carbocycles. The number of aryl methyl sites for hydroxylation is 2. The smallest absolute Gasteiger partial charge is 0.222 e. The lowest BCUT2D eigenvalue weighted by Gasteiger charge is -2.28. The van der Waals surface area contributed by atoms with Gasteiger partial charge in [-0.05, 0) is 75.6 Å². The third kappa shape index (κ3) is 4.99. The minimum atomic E-state index is 0.166. The molecule has 0 saturated heterocycles. The predicted molar refractivity (Wildman–Crippen MR) is 156 cm³/mol. The second-order valence-corrected chi connectivity index (χ2v) is 10.5. The van der Waals surface area contributed by atoms with Gasteiger partial charge in [-0.15, -0.1) is 0 Å². The number of fused-ring (bicyclic) bond motifs is 7. The first kappa shape index (κ1) is 25.9. The van der Waals surface area contributed by atoms with E-state index in [1.165, 1.54) is 5.56 Å². The first-order valence-electron chi connectivity index (χ1n) is 13.9. The molecule has 0 fully saturated rings. The Kier molecular flexibility index (Phi) is 7.11. The molecule has 0 atom stereocenters. The molecule has 5 aromatic rings. The van der Waals surface area contributed by atoms with Gasteiger partial charge in [-0.1, -0.05) is 12.1 Å². The van der Waals surface area contributed by atoms with Crippen LogP contribution in [0.1, 0.15) is 49.7 Å². The first-order chi connectivity index (χ1) is 19.5. The van der Waals surface area contributed by atoms with Gasteiger partial charge in [0.15, 0.2) is 0 Å². The van der Waals surface area contributed by atoms with Crippen molar-refractivity contribution in [2.75, 3.05) is 18.6 Å². The van der Waals surface area contributed by atoms with E-state index in [4.69, 9.17) is 19.6 Å². The van der Waals surface area contributed by atoms with Gasteiger partial charge in [0.2, 0.25) is 5.88 Å². The summed E-state index contributed by atoms with van der Waals surface area (Å²) in [6, 6.07) is 16.7. The molecule has 0 N–H and O–H groups in total. The molecule has 2 bridgehead atoms. The van der Waals surface area contributed by atoms with Gasteiger partial charge < -0.3 is 14.4 Å². The zero-order valence-electron chi connectivity index (χ0n) is 23.5. The van der Waals surface area contributed by atoms with Crippen molar-refractivity contribution in [1.29, 1.82) is 0 Å². The highest BCUT2D eigenvalue weighted by Gasteiger charge is 2.24. The molecule has 1 aromatic carbocycles. The fraction of sp³-hybridized carbons (Fsp3) is 0.355. The highest BCUT2D eigenvalue weighted by atomic mass is 16.5. The average Bonchev–Trinajstić information content (AvgIpc) is 3.56. The van der Waals surface area contributed by atoms with Crippen LogP contribution in [0, 0.1) is 6.92 Å². The zero-order chi connectivity index (χ0) is 27.6. The fourth-order valence-electron chi connectivity index (χ4n) is 5.32. The molecule has 4 aromatic heterocycles. The van der Waals surface area contributed by atoms with Gasteiger partial charge in [-0.3, -0.25) is 9.36 Å². The number of hydrogen-bond donors (Lipinski definition) is 0. The summed E-state index contributed by atoms with van der Waals surface area (Å²) in [5.41, 5.74) is 7.91. The number of hydrogen-bond acceptors (Lipinski definition) is 7. The second-order valence-electron chi connectivity index (χ2n) is 10.5. The number of ether oxygens (including phenoxy) is 2. The van der Waals surface area contributed by atoms with Crippen LogP contribution >= 0.6 is 0 Å². The normalized spacial score (nSPS) is 14.0. The van der Waals surface area contributed by atoms with Gasteiger partial charge in [0, 0.05) is 31.5 Å². The molecule has 6 rings (SSSR count). The maximum Gasteiger partial charge on any atom is 0.222 e. The van der Waals surface area contributed by atoms with E-state index >= 15 is 0 Å². The molecule has 40 heavy (non-hydrogen) atoms. The summed E-state index contributed by atoms with van der Waals surface area (Å²) in [5, 5.41) is 9.60. The number of benzene rings is 1. The summed E-state index contributed by atoms with van der Waals surface area (Å²) in [6.07, 6.45) is 5.53. The van der Waals surface area contributed by atoms with E-state index in [9.17, 15) is 0 Å². The summed E-state index contributed by atoms with van der Waals surface area (Å²) < 4.78 is 15.8. The van der Waals surface area contributed by atoms with Crippen LogP contribution in [0.4, 0.5) is 5.69 Å². The number of aromatic nitrogens is 6. The summed E-state index contributed by atoms with van der Waals surface area (Å²) in [7, 11) is 1.69. The summed E-state index contributed by atoms with van der Waals surface area (Å²) in [6.45, 7) is 9.14. The Labute approximate surface area is 234 Å². The van der Waals surface area contributed by atoms with Gasteiger partial charge in [0.25, 0.3) is 0 Å². The molecule has 1 aliphatic rings. The standard InChI is InChI=1S/C31H35N7O2/c1-21(2)38-30-28-18-27(34-29(30)22(3)35-38)26-8-7-14-32-31(26)40-17-6-5-16-37-24(13-15-33-37)20-36(28)19-23-9-11-25(39-4)12-10-23/h7-15,18,21H,5-6,16-17,19-20H2,1-4H3. The Bertz CT molecular complexity index is 1620. The highest BCUT2D eigenvalue weighted by Crippen LogP contribution is 2.37. The van der Waals surface area contributed by atoms with Crippen molar-refractivity contribution in [1.82, 2.24) is 29.5 Å². The maximum absolute atomic E-state index is 6.20. The van der Waals surface area contributed by atoms with E-state index in [1.807, 2.05) is 37.4 Å². The van der Waals surface area contributed by atoms with Gasteiger partial charge >= 0.3 is 0 Å². The third-order valence-electron chi connectivity index (χ3n) is 7.37. The van der Waals surface area contributed by atoms with Crippen LogP contribution in [-0.2, 0) is 19.6 Å². The lowest BCUT2D eigenvalue weighted by molar-refractivity contribution is 0.292. The van der Waals surface area contributed by atoms with Crippen LogP contribution in [0.15, 0.2) is 60.9 Å². The monoisotopic (exact) mass is 537 g/mol. The molecule has 0 spiro atoms. The second kappa shape index (κ2) is 11.0. The topological polar surface area (TPSA) is 83.1 Å². The van der Waals surface area contributed by atoms with Crippen LogP contribution in [0.3, 0.4) is 0 Å². The Morgan fingerprint density at radius 3 is 2.70 bits per heavy atom. The molecule has 0 radical (unpaired) electrons. The number of anilines is 1. The number of methoxy groups -OCH3 is 1. The van der Waals surface area contributed by atoms with E-state index in [0.29, 0.717) is 25.6 Å². The van der Waals surface area contributed by atoms with Gasteiger partial charge in [-0.2, -0.15) is 10.2 Å². The molecule has 9 heteroatoms. The average molecular weight is 538 g/mol. The quantitative estimate of drug-likeness (QED) is 0.279. The van der Waals surface area contributed by atoms with Gasteiger partial charge in [0.05, 0.1) is 48.6 Å². The van der Waals surface area contributed by atoms with Crippen molar-refractivity contribution >= 4 is 16.7 Å². The summed E-state index contributed by atoms with van der Waals surface area (Å²) >= 11 is 0. The molecule has 0 amide bonds. The molecule has 0 unspecified atom stereocenters. The van der Waals surface area contributed by atoms with Gasteiger partial charge in [-0.25, -0.2) is 9.97 Å². The van der Waals surface area contributed by atoms with Crippen molar-refractivity contribution in [3.05, 3.63) is 77.9 Å². The number of pyridine rings is 2. The minimum Gasteiger partial charge on any atom is -0.497 e. The fourth-order valence-corrected chi connectivity index (χ4v) is 5.32. The Morgan fingerprint density at radius 1 is 1.05 bits per heavy atom. The van der Waals surface area contributed by atoms with Crippen LogP contribution in [0.2, 0.25) is 0 Å². The number of nitrogens with zero attached hydrogens (tertiary/aromatic N) is 7. The van der Waals surface area contributed by atoms with Crippen LogP contribution in [0.25, 0.3) is 22.3 Å². The van der Waals surface area contributed by atoms with E-state index < -0.39 is 0 Å². The lowest BCUT2D eigenvalue weighted by atomic mass is 10.1. The summed E-state index contributed by atoms with van der Waals surface area (Å²) in [5.74, 6) is 1.45. The minimum absolute atomic E-state index is 0.166. The van der Waals surface area contributed by atoms with Crippen molar-refractivity contribution < 1.29 is 9.47 Å². The molecule has 5 heterocycles. The van der Waals surface area contributed by atoms with Crippen LogP contribution in [-0.4, -0.2) is 43.2 Å². The summed E-state index contributed by atoms with van der Waals surface area (Å²) in [4.78, 5) is 12.1. The molecule has 0 aliphatic carbocycles. The molecular formula is C31H35N7O2. The Morgan fingerprint density at radius 2 is 1.90 bits per heavy atom. The SMILES string of the molecule is COc1ccc(CN2Cc3ccnn3CCCCOc3ncccc3-c3cc2c2c(n3)c(C)nn2C(C)C)cc1. The van der Waals surface area contributed by atoms with E-state index in [0.717, 1.165) is 64.5 Å². The van der Waals surface area contributed by atoms with E-state index in [-0.39, 0.29) is 6.04 Å². The molecule has 1 aliphatic heterocycles. The van der Waals surface area contributed by atoms with E-state index in [1.54, 1.807) is 13.3 Å². The van der Waals surface area contributed by atoms with Crippen LogP contribution in [0.5, 0.6) is 11.6 Å². The molecule has 9 nitrogen and oxygen atoms in total. The Hall–Kier alpha value is -4.40. The zero-order valence-corrected chi connectivity index (χ0v) is 23.5. The largest absolute Gasteiger partial charge is 0.497 e. The molecule has 206 valence electrons. The first-order valence-corrected chi connectivity index (χ1v) is 13.9. The van der Waals surface area contributed by atoms with Crippen molar-refractivity contribution in [2.45, 2.75) is 59.3 Å². The lowest BCUT2D eigenvalue weighted by Crippen LogP contribution is -2.25. The van der Waals surface area contributed by atoms with Crippen LogP contribution < -0.4 is 14.4 Å². The predicted octanol–water partition coefficient (Wildman–Crippen LogP) is 5.97. The Balaban J connectivity index is 1.59.